The fourth-order valence-corrected chi connectivity index (χ4v) is 7.38. The topological polar surface area (TPSA) is 167 Å². The average Bonchev–Trinajstić information content (AvgIpc) is 3.59. The van der Waals surface area contributed by atoms with Gasteiger partial charge in [-0.15, -0.1) is 0 Å². The summed E-state index contributed by atoms with van der Waals surface area (Å²) in [7, 11) is 5.48. The van der Waals surface area contributed by atoms with Crippen LogP contribution in [-0.4, -0.2) is 120 Å². The summed E-state index contributed by atoms with van der Waals surface area (Å²) >= 11 is 0. The molecule has 4 aliphatic rings. The van der Waals surface area contributed by atoms with Crippen LogP contribution in [0.2, 0.25) is 0 Å². The van der Waals surface area contributed by atoms with E-state index >= 15 is 0 Å². The Morgan fingerprint density at radius 3 is 2.59 bits per heavy atom. The number of carbonyl (C=O) groups excluding carboxylic acids is 4. The van der Waals surface area contributed by atoms with Crippen molar-refractivity contribution in [2.45, 2.75) is 108 Å². The summed E-state index contributed by atoms with van der Waals surface area (Å²) in [6.45, 7) is 6.01. The molecule has 0 aromatic heterocycles. The second kappa shape index (κ2) is 15.5. The number of benzene rings is 1. The highest BCUT2D eigenvalue weighted by Gasteiger charge is 2.61. The van der Waals surface area contributed by atoms with Gasteiger partial charge in [-0.3, -0.25) is 14.5 Å². The average molecular weight is 712 g/mol. The number of aliphatic carboxylic acids is 1. The Labute approximate surface area is 299 Å². The van der Waals surface area contributed by atoms with Crippen LogP contribution in [0.3, 0.4) is 0 Å². The molecule has 3 N–H and O–H groups in total. The van der Waals surface area contributed by atoms with Crippen LogP contribution in [0.4, 0.5) is 9.59 Å². The molecule has 0 spiro atoms. The molecule has 3 heterocycles. The van der Waals surface area contributed by atoms with E-state index < -0.39 is 59.3 Å². The number of hydrogen-bond acceptors (Lipinski definition) is 9. The van der Waals surface area contributed by atoms with Crippen LogP contribution < -0.4 is 15.4 Å². The molecule has 1 aromatic rings. The molecule has 14 heteroatoms. The molecule has 1 saturated heterocycles. The van der Waals surface area contributed by atoms with Gasteiger partial charge in [0.15, 0.2) is 0 Å². The maximum absolute atomic E-state index is 14.3. The number of rotatable bonds is 6. The van der Waals surface area contributed by atoms with Crippen LogP contribution in [0.5, 0.6) is 5.75 Å². The molecule has 0 bridgehead atoms. The van der Waals surface area contributed by atoms with Gasteiger partial charge in [0.2, 0.25) is 11.8 Å². The van der Waals surface area contributed by atoms with Crippen molar-refractivity contribution in [2.75, 3.05) is 40.8 Å². The van der Waals surface area contributed by atoms with E-state index in [2.05, 4.69) is 10.6 Å². The zero-order valence-corrected chi connectivity index (χ0v) is 30.6. The van der Waals surface area contributed by atoms with Crippen molar-refractivity contribution in [3.05, 3.63) is 41.5 Å². The predicted octanol–water partition coefficient (Wildman–Crippen LogP) is 3.64. The second-order valence-corrected chi connectivity index (χ2v) is 15.4. The van der Waals surface area contributed by atoms with Gasteiger partial charge in [0, 0.05) is 25.4 Å². The maximum atomic E-state index is 14.3. The molecule has 1 aliphatic carbocycles. The lowest BCUT2D eigenvalue weighted by Crippen LogP contribution is -2.56. The summed E-state index contributed by atoms with van der Waals surface area (Å²) in [6.07, 6.45) is 5.67. The summed E-state index contributed by atoms with van der Waals surface area (Å²) in [5, 5.41) is 15.6. The van der Waals surface area contributed by atoms with Gasteiger partial charge in [-0.2, -0.15) is 0 Å². The molecular formula is C37H53N5O9. The van der Waals surface area contributed by atoms with Gasteiger partial charge in [0.25, 0.3) is 0 Å². The first kappa shape index (κ1) is 37.9. The van der Waals surface area contributed by atoms with Gasteiger partial charge in [-0.05, 0) is 90.2 Å². The molecule has 14 nitrogen and oxygen atoms in total. The number of carboxylic acids is 1. The highest BCUT2D eigenvalue weighted by Crippen LogP contribution is 2.45. The predicted molar refractivity (Wildman–Crippen MR) is 187 cm³/mol. The molecule has 0 radical (unpaired) electrons. The number of alkyl carbamates (subject to hydrolysis) is 1. The maximum Gasteiger partial charge on any atom is 0.410 e. The Bertz CT molecular complexity index is 1520. The van der Waals surface area contributed by atoms with Crippen LogP contribution >= 0.6 is 0 Å². The summed E-state index contributed by atoms with van der Waals surface area (Å²) in [6, 6.07) is 3.38. The minimum Gasteiger partial charge on any atom is -0.497 e. The first-order valence-electron chi connectivity index (χ1n) is 17.9. The van der Waals surface area contributed by atoms with Crippen LogP contribution in [0, 0.1) is 5.92 Å². The number of carbonyl (C=O) groups is 5. The van der Waals surface area contributed by atoms with Crippen molar-refractivity contribution in [2.24, 2.45) is 5.92 Å². The number of likely N-dealkylation sites (N-methyl/N-ethyl adjacent to an activating group) is 1. The van der Waals surface area contributed by atoms with Gasteiger partial charge >= 0.3 is 18.2 Å². The van der Waals surface area contributed by atoms with Gasteiger partial charge in [0.05, 0.1) is 19.7 Å². The number of ether oxygens (including phenoxy) is 3. The summed E-state index contributed by atoms with van der Waals surface area (Å²) in [5.74, 6) is -1.94. The molecule has 1 saturated carbocycles. The molecule has 6 atom stereocenters. The first-order valence-corrected chi connectivity index (χ1v) is 17.9. The van der Waals surface area contributed by atoms with E-state index in [9.17, 15) is 29.1 Å². The Hall–Kier alpha value is -4.33. The highest BCUT2D eigenvalue weighted by molar-refractivity contribution is 5.96. The van der Waals surface area contributed by atoms with E-state index in [0.717, 1.165) is 36.1 Å². The number of methoxy groups -OCH3 is 1. The zero-order valence-electron chi connectivity index (χ0n) is 30.6. The third-order valence-corrected chi connectivity index (χ3v) is 10.1. The standard InChI is InChI=1S/C37H53N5O9/c1-36(2,3)51-34(47)38-28-13-11-9-7-8-10-12-24-20-37(24,33(45)46)39-31(43)29-19-26(21-42(29)32(28)44)50-35(48)41-17-16-23-18-25(49-6)14-15-27(23)30(41)22-40(4)5/h10,12,14-15,18,24,26,28-30H,7-9,11,13,16-17,19-22H2,1-6H3,(H,38,47)(H,39,43)(H,45,46)/b12-10-/t24-,26-,28+,29+,30?,37-/m1/s1. The molecule has 51 heavy (non-hydrogen) atoms. The Balaban J connectivity index is 1.40. The Kier molecular flexibility index (Phi) is 11.5. The van der Waals surface area contributed by atoms with E-state index in [-0.39, 0.29) is 31.3 Å². The van der Waals surface area contributed by atoms with Gasteiger partial charge in [-0.1, -0.05) is 31.1 Å². The molecule has 3 aliphatic heterocycles. The number of nitrogens with zero attached hydrogens (tertiary/aromatic N) is 3. The number of carboxylic acid groups (broad SMARTS) is 1. The SMILES string of the molecule is COc1ccc2c(c1)CCN(C(=O)O[C@@H]1C[C@H]3C(=O)N[C@]4(C(=O)O)C[C@H]4/C=C\CCCCC[C@H](NC(=O)OC(C)(C)C)C(=O)N3C1)C2CN(C)C. The van der Waals surface area contributed by atoms with E-state index in [1.165, 1.54) is 4.90 Å². The lowest BCUT2D eigenvalue weighted by Gasteiger charge is -2.38. The van der Waals surface area contributed by atoms with Crippen molar-refractivity contribution in [3.8, 4) is 5.75 Å². The van der Waals surface area contributed by atoms with Crippen LogP contribution in [0.1, 0.15) is 82.9 Å². The Morgan fingerprint density at radius 2 is 1.90 bits per heavy atom. The largest absolute Gasteiger partial charge is 0.497 e. The smallest absolute Gasteiger partial charge is 0.410 e. The third kappa shape index (κ3) is 8.95. The molecule has 280 valence electrons. The lowest BCUT2D eigenvalue weighted by molar-refractivity contribution is -0.145. The molecule has 1 aromatic carbocycles. The minimum atomic E-state index is -1.48. The Morgan fingerprint density at radius 1 is 1.14 bits per heavy atom. The first-order chi connectivity index (χ1) is 24.1. The summed E-state index contributed by atoms with van der Waals surface area (Å²) in [4.78, 5) is 72.5. The van der Waals surface area contributed by atoms with Gasteiger partial charge < -0.3 is 39.8 Å². The third-order valence-electron chi connectivity index (χ3n) is 10.1. The van der Waals surface area contributed by atoms with Crippen LogP contribution in [0.25, 0.3) is 0 Å². The fourth-order valence-electron chi connectivity index (χ4n) is 7.38. The highest BCUT2D eigenvalue weighted by atomic mass is 16.6. The van der Waals surface area contributed by atoms with E-state index in [1.807, 2.05) is 49.3 Å². The van der Waals surface area contributed by atoms with Crippen molar-refractivity contribution < 1.29 is 43.3 Å². The lowest BCUT2D eigenvalue weighted by atomic mass is 9.92. The van der Waals surface area contributed by atoms with Crippen molar-refractivity contribution in [3.63, 3.8) is 0 Å². The molecular weight excluding hydrogens is 658 g/mol. The number of hydrogen-bond donors (Lipinski definition) is 3. The van der Waals surface area contributed by atoms with Crippen molar-refractivity contribution >= 4 is 30.0 Å². The fraction of sp³-hybridized carbons (Fsp3) is 0.649. The number of fused-ring (bicyclic) bond motifs is 3. The van der Waals surface area contributed by atoms with Gasteiger partial charge in [0.1, 0.15) is 35.1 Å². The summed E-state index contributed by atoms with van der Waals surface area (Å²) < 4.78 is 17.0. The number of allylic oxidation sites excluding steroid dienone is 1. The molecule has 5 rings (SSSR count). The van der Waals surface area contributed by atoms with E-state index in [0.29, 0.717) is 32.4 Å². The quantitative estimate of drug-likeness (QED) is 0.371. The van der Waals surface area contributed by atoms with Crippen molar-refractivity contribution in [1.82, 2.24) is 25.3 Å². The second-order valence-electron chi connectivity index (χ2n) is 15.4. The minimum absolute atomic E-state index is 0.0291. The van der Waals surface area contributed by atoms with Gasteiger partial charge in [-0.25, -0.2) is 14.4 Å². The normalized spacial score (nSPS) is 29.0. The van der Waals surface area contributed by atoms with Crippen LogP contribution in [-0.2, 0) is 30.3 Å². The summed E-state index contributed by atoms with van der Waals surface area (Å²) in [5.41, 5.74) is -0.200. The monoisotopic (exact) mass is 711 g/mol. The van der Waals surface area contributed by atoms with E-state index in [1.54, 1.807) is 32.8 Å². The van der Waals surface area contributed by atoms with E-state index in [4.69, 9.17) is 14.2 Å². The van der Waals surface area contributed by atoms with Crippen LogP contribution in [0.15, 0.2) is 30.4 Å². The molecule has 4 amide bonds. The number of nitrogens with one attached hydrogen (secondary N) is 2. The number of amides is 4. The zero-order chi connectivity index (χ0) is 37.1. The van der Waals surface area contributed by atoms with Crippen molar-refractivity contribution in [1.29, 1.82) is 0 Å². The molecule has 2 fully saturated rings. The molecule has 1 unspecified atom stereocenters.